The molecule has 1 atom stereocenters. The molecule has 1 aliphatic heterocycles. The lowest BCUT2D eigenvalue weighted by Gasteiger charge is -2.23. The fraction of sp³-hybridized carbons (Fsp3) is 0.444. The first kappa shape index (κ1) is 19.2. The Balaban J connectivity index is 1.67. The van der Waals surface area contributed by atoms with Gasteiger partial charge in [0.15, 0.2) is 11.9 Å². The maximum atomic E-state index is 13.4. The summed E-state index contributed by atoms with van der Waals surface area (Å²) in [5.41, 5.74) is 0.657. The van der Waals surface area contributed by atoms with E-state index >= 15 is 0 Å². The highest BCUT2D eigenvalue weighted by Crippen LogP contribution is 2.33. The SMILES string of the molecule is Cc1cccc(C(NC(=O)Nc2ccn(C3CCOCC3)n2)C(F)(F)F)c1. The van der Waals surface area contributed by atoms with Crippen molar-refractivity contribution in [1.29, 1.82) is 0 Å². The van der Waals surface area contributed by atoms with Crippen LogP contribution < -0.4 is 10.6 Å². The molecule has 1 aromatic carbocycles. The third-order valence-corrected chi connectivity index (χ3v) is 4.39. The molecule has 2 N–H and O–H groups in total. The molecule has 3 rings (SSSR count). The van der Waals surface area contributed by atoms with E-state index in [9.17, 15) is 18.0 Å². The van der Waals surface area contributed by atoms with Crippen LogP contribution in [-0.4, -0.2) is 35.2 Å². The molecule has 1 saturated heterocycles. The summed E-state index contributed by atoms with van der Waals surface area (Å²) in [5.74, 6) is 0.198. The molecule has 146 valence electrons. The number of nitrogens with one attached hydrogen (secondary N) is 2. The van der Waals surface area contributed by atoms with Crippen LogP contribution in [0.4, 0.5) is 23.8 Å². The van der Waals surface area contributed by atoms with Crippen LogP contribution in [-0.2, 0) is 4.74 Å². The van der Waals surface area contributed by atoms with Crippen LogP contribution in [0.2, 0.25) is 0 Å². The molecular formula is C18H21F3N4O2. The van der Waals surface area contributed by atoms with Gasteiger partial charge >= 0.3 is 12.2 Å². The topological polar surface area (TPSA) is 68.2 Å². The molecular weight excluding hydrogens is 361 g/mol. The van der Waals surface area contributed by atoms with E-state index in [-0.39, 0.29) is 17.4 Å². The number of alkyl halides is 3. The molecule has 6 nitrogen and oxygen atoms in total. The van der Waals surface area contributed by atoms with Crippen molar-refractivity contribution in [2.24, 2.45) is 0 Å². The number of urea groups is 1. The van der Waals surface area contributed by atoms with Gasteiger partial charge in [0.25, 0.3) is 0 Å². The van der Waals surface area contributed by atoms with Crippen molar-refractivity contribution in [3.8, 4) is 0 Å². The largest absolute Gasteiger partial charge is 0.412 e. The van der Waals surface area contributed by atoms with Gasteiger partial charge in [0.05, 0.1) is 6.04 Å². The summed E-state index contributed by atoms with van der Waals surface area (Å²) in [4.78, 5) is 12.1. The average Bonchev–Trinajstić information content (AvgIpc) is 3.08. The maximum absolute atomic E-state index is 13.4. The molecule has 0 bridgehead atoms. The number of nitrogens with zero attached hydrogens (tertiary/aromatic N) is 2. The number of aromatic nitrogens is 2. The summed E-state index contributed by atoms with van der Waals surface area (Å²) >= 11 is 0. The predicted octanol–water partition coefficient (Wildman–Crippen LogP) is 3.97. The molecule has 2 heterocycles. The number of ether oxygens (including phenoxy) is 1. The van der Waals surface area contributed by atoms with Crippen LogP contribution in [0, 0.1) is 6.92 Å². The standard InChI is InChI=1S/C18H21F3N4O2/c1-12-3-2-4-13(11-12)16(18(19,20)21)23-17(26)22-15-5-8-25(24-15)14-6-9-27-10-7-14/h2-5,8,11,14,16H,6-7,9-10H2,1H3,(H2,22,23,24,26). The Hall–Kier alpha value is -2.55. The second-order valence-corrected chi connectivity index (χ2v) is 6.51. The Labute approximate surface area is 154 Å². The van der Waals surface area contributed by atoms with Crippen molar-refractivity contribution in [3.05, 3.63) is 47.7 Å². The van der Waals surface area contributed by atoms with Crippen molar-refractivity contribution in [2.45, 2.75) is 38.0 Å². The third-order valence-electron chi connectivity index (χ3n) is 4.39. The highest BCUT2D eigenvalue weighted by atomic mass is 19.4. The first-order valence-corrected chi connectivity index (χ1v) is 8.66. The number of amides is 2. The normalized spacial score (nSPS) is 16.7. The molecule has 27 heavy (non-hydrogen) atoms. The monoisotopic (exact) mass is 382 g/mol. The summed E-state index contributed by atoms with van der Waals surface area (Å²) in [6.45, 7) is 2.97. The number of hydrogen-bond donors (Lipinski definition) is 2. The predicted molar refractivity (Wildman–Crippen MR) is 93.4 cm³/mol. The Kier molecular flexibility index (Phi) is 5.69. The van der Waals surface area contributed by atoms with Crippen LogP contribution in [0.15, 0.2) is 36.5 Å². The average molecular weight is 382 g/mol. The molecule has 1 aliphatic rings. The Morgan fingerprint density at radius 1 is 1.30 bits per heavy atom. The van der Waals surface area contributed by atoms with Gasteiger partial charge in [-0.15, -0.1) is 0 Å². The van der Waals surface area contributed by atoms with Crippen molar-refractivity contribution >= 4 is 11.8 Å². The van der Waals surface area contributed by atoms with Gasteiger partial charge in [0.1, 0.15) is 0 Å². The molecule has 0 aliphatic carbocycles. The van der Waals surface area contributed by atoms with Gasteiger partial charge in [0, 0.05) is 25.5 Å². The maximum Gasteiger partial charge on any atom is 0.412 e. The fourth-order valence-corrected chi connectivity index (χ4v) is 3.05. The molecule has 2 amide bonds. The van der Waals surface area contributed by atoms with Gasteiger partial charge in [-0.3, -0.25) is 10.00 Å². The van der Waals surface area contributed by atoms with E-state index in [1.54, 1.807) is 29.9 Å². The van der Waals surface area contributed by atoms with E-state index in [4.69, 9.17) is 4.74 Å². The summed E-state index contributed by atoms with van der Waals surface area (Å²) in [5, 5.41) is 8.61. The minimum atomic E-state index is -4.62. The van der Waals surface area contributed by atoms with Gasteiger partial charge < -0.3 is 10.1 Å². The molecule has 0 radical (unpaired) electrons. The molecule has 0 saturated carbocycles. The van der Waals surface area contributed by atoms with E-state index in [1.165, 1.54) is 18.2 Å². The smallest absolute Gasteiger partial charge is 0.381 e. The Bertz CT molecular complexity index is 785. The lowest BCUT2D eigenvalue weighted by Crippen LogP contribution is -2.40. The number of carbonyl (C=O) groups excluding carboxylic acids is 1. The Morgan fingerprint density at radius 2 is 2.04 bits per heavy atom. The highest BCUT2D eigenvalue weighted by molar-refractivity contribution is 5.88. The van der Waals surface area contributed by atoms with E-state index in [2.05, 4.69) is 10.4 Å². The van der Waals surface area contributed by atoms with Crippen molar-refractivity contribution < 1.29 is 22.7 Å². The van der Waals surface area contributed by atoms with Crippen LogP contribution in [0.1, 0.15) is 36.1 Å². The molecule has 1 unspecified atom stereocenters. The number of aryl methyl sites for hydroxylation is 1. The molecule has 9 heteroatoms. The van der Waals surface area contributed by atoms with Crippen LogP contribution in [0.5, 0.6) is 0 Å². The zero-order valence-electron chi connectivity index (χ0n) is 14.8. The Morgan fingerprint density at radius 3 is 2.70 bits per heavy atom. The van der Waals surface area contributed by atoms with E-state index in [1.807, 2.05) is 5.32 Å². The van der Waals surface area contributed by atoms with Crippen LogP contribution in [0.25, 0.3) is 0 Å². The van der Waals surface area contributed by atoms with Gasteiger partial charge in [-0.1, -0.05) is 29.8 Å². The van der Waals surface area contributed by atoms with E-state index < -0.39 is 18.2 Å². The van der Waals surface area contributed by atoms with Crippen LogP contribution in [0.3, 0.4) is 0 Å². The number of anilines is 1. The second-order valence-electron chi connectivity index (χ2n) is 6.51. The molecule has 2 aromatic rings. The van der Waals surface area contributed by atoms with Crippen molar-refractivity contribution in [2.75, 3.05) is 18.5 Å². The zero-order chi connectivity index (χ0) is 19.4. The first-order chi connectivity index (χ1) is 12.8. The minimum absolute atomic E-state index is 0.0228. The number of carbonyl (C=O) groups is 1. The fourth-order valence-electron chi connectivity index (χ4n) is 3.05. The molecule has 1 aromatic heterocycles. The van der Waals surface area contributed by atoms with Gasteiger partial charge in [-0.25, -0.2) is 4.79 Å². The number of rotatable bonds is 4. The minimum Gasteiger partial charge on any atom is -0.381 e. The van der Waals surface area contributed by atoms with Crippen LogP contribution >= 0.6 is 0 Å². The number of halogens is 3. The van der Waals surface area contributed by atoms with E-state index in [0.717, 1.165) is 12.8 Å². The lowest BCUT2D eigenvalue weighted by atomic mass is 10.0. The summed E-state index contributed by atoms with van der Waals surface area (Å²) < 4.78 is 47.2. The van der Waals surface area contributed by atoms with Gasteiger partial charge in [0.2, 0.25) is 0 Å². The van der Waals surface area contributed by atoms with E-state index in [0.29, 0.717) is 18.8 Å². The molecule has 1 fully saturated rings. The summed E-state index contributed by atoms with van der Waals surface area (Å²) in [6.07, 6.45) is -1.31. The van der Waals surface area contributed by atoms with Gasteiger partial charge in [-0.05, 0) is 25.3 Å². The number of benzene rings is 1. The van der Waals surface area contributed by atoms with Crippen molar-refractivity contribution in [3.63, 3.8) is 0 Å². The summed E-state index contributed by atoms with van der Waals surface area (Å²) in [7, 11) is 0. The first-order valence-electron chi connectivity index (χ1n) is 8.66. The third kappa shape index (κ3) is 5.00. The molecule has 0 spiro atoms. The highest BCUT2D eigenvalue weighted by Gasteiger charge is 2.42. The quantitative estimate of drug-likeness (QED) is 0.841. The summed E-state index contributed by atoms with van der Waals surface area (Å²) in [6, 6.07) is 4.62. The second kappa shape index (κ2) is 7.99. The number of hydrogen-bond acceptors (Lipinski definition) is 3. The lowest BCUT2D eigenvalue weighted by molar-refractivity contribution is -0.154. The van der Waals surface area contributed by atoms with Crippen molar-refractivity contribution in [1.82, 2.24) is 15.1 Å². The zero-order valence-corrected chi connectivity index (χ0v) is 14.8. The van der Waals surface area contributed by atoms with Gasteiger partial charge in [-0.2, -0.15) is 18.3 Å².